The fraction of sp³-hybridized carbons (Fsp3) is 0.667. The van der Waals surface area contributed by atoms with Gasteiger partial charge in [0.2, 0.25) is 11.8 Å². The maximum absolute atomic E-state index is 13.1. The summed E-state index contributed by atoms with van der Waals surface area (Å²) in [5.41, 5.74) is 5.46. The minimum atomic E-state index is -1.27. The summed E-state index contributed by atoms with van der Waals surface area (Å²) in [6.07, 6.45) is 11.3. The lowest BCUT2D eigenvalue weighted by molar-refractivity contribution is -0.139. The van der Waals surface area contributed by atoms with E-state index in [2.05, 4.69) is 17.6 Å². The van der Waals surface area contributed by atoms with Crippen molar-refractivity contribution < 1.29 is 49.2 Å². The van der Waals surface area contributed by atoms with E-state index in [0.29, 0.717) is 25.7 Å². The van der Waals surface area contributed by atoms with Crippen LogP contribution in [0.1, 0.15) is 77.6 Å². The Kier molecular flexibility index (Phi) is 18.9. The van der Waals surface area contributed by atoms with E-state index < -0.39 is 60.4 Å². The van der Waals surface area contributed by atoms with Gasteiger partial charge in [-0.05, 0) is 38.0 Å². The molecule has 13 nitrogen and oxygen atoms in total. The fourth-order valence-corrected chi connectivity index (χ4v) is 6.19. The van der Waals surface area contributed by atoms with Crippen LogP contribution in [0.4, 0.5) is 0 Å². The highest BCUT2D eigenvalue weighted by atomic mass is 32.2. The number of hydrogen-bond acceptors (Lipinski definition) is 9. The number of allylic oxidation sites excluding steroid dienone is 3. The molecule has 0 aromatic heterocycles. The SMILES string of the molecule is CCCCC[C@H](O)/C=C/[C@H]1[C@H](SC[C@H](NC(=O)CC[C@H](N)C(=O)O)C(=O)NCC(=O)O)CC(=O)[C@@H]1C/C=C\CCCC(=O)O. The van der Waals surface area contributed by atoms with Crippen molar-refractivity contribution in [2.45, 2.75) is 101 Å². The van der Waals surface area contributed by atoms with Crippen molar-refractivity contribution in [1.29, 1.82) is 0 Å². The number of carbonyl (C=O) groups excluding carboxylic acids is 3. The Morgan fingerprint density at radius 2 is 1.75 bits per heavy atom. The molecule has 0 aromatic carbocycles. The number of nitrogens with one attached hydrogen (secondary N) is 2. The second kappa shape index (κ2) is 21.5. The second-order valence-corrected chi connectivity index (χ2v) is 12.2. The van der Waals surface area contributed by atoms with Crippen molar-refractivity contribution >= 4 is 47.3 Å². The zero-order chi connectivity index (χ0) is 33.1. The number of aliphatic hydroxyl groups is 1. The first-order valence-corrected chi connectivity index (χ1v) is 16.0. The molecule has 6 atom stereocenters. The molecule has 0 saturated heterocycles. The summed E-state index contributed by atoms with van der Waals surface area (Å²) in [6, 6.07) is -2.41. The third kappa shape index (κ3) is 16.0. The molecule has 1 fully saturated rings. The molecule has 0 heterocycles. The van der Waals surface area contributed by atoms with Gasteiger partial charge in [0, 0.05) is 36.2 Å². The average molecular weight is 642 g/mol. The Hall–Kier alpha value is -3.23. The van der Waals surface area contributed by atoms with Crippen LogP contribution in [0.2, 0.25) is 0 Å². The third-order valence-corrected chi connectivity index (χ3v) is 8.66. The van der Waals surface area contributed by atoms with Crippen LogP contribution >= 0.6 is 11.8 Å². The second-order valence-electron chi connectivity index (χ2n) is 10.9. The van der Waals surface area contributed by atoms with Gasteiger partial charge < -0.3 is 36.8 Å². The molecular formula is C30H47N3O10S. The standard InChI is InChI=1S/C30H47N3O10S/c1-2-3-6-9-19(34)12-13-21-20(10-7-4-5-8-11-27(37)38)24(35)16-25(21)44-18-23(29(41)32-17-28(39)40)33-26(36)15-14-22(31)30(42)43/h4,7,12-13,19-23,25,34H,2-3,5-6,8-11,14-18,31H2,1H3,(H,32,41)(H,33,36)(H,37,38)(H,39,40)(H,42,43)/b7-4-,13-12+/t19-,20+,21+,22-,23-,25+/m0/s1. The highest BCUT2D eigenvalue weighted by molar-refractivity contribution is 8.00. The topological polar surface area (TPSA) is 233 Å². The predicted molar refractivity (Wildman–Crippen MR) is 165 cm³/mol. The number of unbranched alkanes of at least 4 members (excludes halogenated alkanes) is 3. The highest BCUT2D eigenvalue weighted by Crippen LogP contribution is 2.40. The van der Waals surface area contributed by atoms with Gasteiger partial charge in [-0.3, -0.25) is 28.8 Å². The van der Waals surface area contributed by atoms with Crippen molar-refractivity contribution in [1.82, 2.24) is 10.6 Å². The Bertz CT molecular complexity index is 1030. The van der Waals surface area contributed by atoms with Crippen LogP contribution in [-0.4, -0.2) is 91.7 Å². The molecule has 0 bridgehead atoms. The van der Waals surface area contributed by atoms with Gasteiger partial charge in [0.1, 0.15) is 24.4 Å². The van der Waals surface area contributed by atoms with Crippen LogP contribution in [-0.2, 0) is 28.8 Å². The minimum absolute atomic E-state index is 0.00591. The maximum Gasteiger partial charge on any atom is 0.322 e. The van der Waals surface area contributed by atoms with E-state index >= 15 is 0 Å². The molecule has 2 amide bonds. The van der Waals surface area contributed by atoms with Crippen LogP contribution in [0.5, 0.6) is 0 Å². The third-order valence-electron chi connectivity index (χ3n) is 7.23. The lowest BCUT2D eigenvalue weighted by Crippen LogP contribution is -2.49. The van der Waals surface area contributed by atoms with Crippen molar-refractivity contribution in [2.75, 3.05) is 12.3 Å². The number of carboxylic acids is 3. The van der Waals surface area contributed by atoms with Crippen molar-refractivity contribution in [3.05, 3.63) is 24.3 Å². The summed E-state index contributed by atoms with van der Waals surface area (Å²) in [5.74, 6) is -5.44. The maximum atomic E-state index is 13.1. The summed E-state index contributed by atoms with van der Waals surface area (Å²) in [6.45, 7) is 1.40. The van der Waals surface area contributed by atoms with Crippen LogP contribution in [0.3, 0.4) is 0 Å². The van der Waals surface area contributed by atoms with Gasteiger partial charge in [0.05, 0.1) is 6.10 Å². The molecule has 14 heteroatoms. The number of Topliss-reactive ketones (excluding diaryl/α,β-unsaturated/α-hetero) is 1. The smallest absolute Gasteiger partial charge is 0.322 e. The van der Waals surface area contributed by atoms with Gasteiger partial charge in [0.25, 0.3) is 0 Å². The number of thioether (sulfide) groups is 1. The van der Waals surface area contributed by atoms with Gasteiger partial charge in [-0.1, -0.05) is 50.5 Å². The normalized spacial score (nSPS) is 20.4. The average Bonchev–Trinajstić information content (AvgIpc) is 3.26. The number of aliphatic carboxylic acids is 3. The summed E-state index contributed by atoms with van der Waals surface area (Å²) in [7, 11) is 0. The number of nitrogens with two attached hydrogens (primary N) is 1. The van der Waals surface area contributed by atoms with E-state index in [1.807, 2.05) is 18.2 Å². The number of hydrogen-bond donors (Lipinski definition) is 7. The Balaban J connectivity index is 3.03. The Morgan fingerprint density at radius 1 is 1.02 bits per heavy atom. The number of aliphatic hydroxyl groups excluding tert-OH is 1. The van der Waals surface area contributed by atoms with E-state index in [1.54, 1.807) is 6.08 Å². The van der Waals surface area contributed by atoms with Gasteiger partial charge >= 0.3 is 17.9 Å². The molecule has 0 aliphatic heterocycles. The lowest BCUT2D eigenvalue weighted by atomic mass is 9.91. The van der Waals surface area contributed by atoms with E-state index in [0.717, 1.165) is 19.3 Å². The van der Waals surface area contributed by atoms with Gasteiger partial charge in [-0.2, -0.15) is 11.8 Å². The number of rotatable bonds is 23. The number of carboxylic acid groups (broad SMARTS) is 3. The van der Waals surface area contributed by atoms with Gasteiger partial charge in [0.15, 0.2) is 0 Å². The summed E-state index contributed by atoms with van der Waals surface area (Å²) < 4.78 is 0. The number of amides is 2. The molecule has 8 N–H and O–H groups in total. The zero-order valence-corrected chi connectivity index (χ0v) is 26.0. The Labute approximate surface area is 262 Å². The monoisotopic (exact) mass is 641 g/mol. The molecule has 1 saturated carbocycles. The van der Waals surface area contributed by atoms with E-state index in [-0.39, 0.29) is 48.4 Å². The van der Waals surface area contributed by atoms with Gasteiger partial charge in [-0.15, -0.1) is 0 Å². The quantitative estimate of drug-likeness (QED) is 0.0626. The molecule has 1 aliphatic carbocycles. The first-order chi connectivity index (χ1) is 20.8. The molecule has 0 aromatic rings. The molecule has 44 heavy (non-hydrogen) atoms. The first-order valence-electron chi connectivity index (χ1n) is 15.0. The van der Waals surface area contributed by atoms with Crippen molar-refractivity contribution in [3.63, 3.8) is 0 Å². The fourth-order valence-electron chi connectivity index (χ4n) is 4.73. The van der Waals surface area contributed by atoms with Crippen LogP contribution in [0.25, 0.3) is 0 Å². The summed E-state index contributed by atoms with van der Waals surface area (Å²) in [5, 5.41) is 41.7. The van der Waals surface area contributed by atoms with Crippen molar-refractivity contribution in [2.24, 2.45) is 17.6 Å². The zero-order valence-electron chi connectivity index (χ0n) is 25.2. The van der Waals surface area contributed by atoms with E-state index in [9.17, 15) is 33.9 Å². The molecular weight excluding hydrogens is 594 g/mol. The summed E-state index contributed by atoms with van der Waals surface area (Å²) >= 11 is 1.28. The Morgan fingerprint density at radius 3 is 2.39 bits per heavy atom. The minimum Gasteiger partial charge on any atom is -0.481 e. The van der Waals surface area contributed by atoms with Crippen LogP contribution in [0, 0.1) is 11.8 Å². The predicted octanol–water partition coefficient (Wildman–Crippen LogP) is 1.87. The van der Waals surface area contributed by atoms with Crippen LogP contribution in [0.15, 0.2) is 24.3 Å². The molecule has 1 rings (SSSR count). The number of carbonyl (C=O) groups is 6. The lowest BCUT2D eigenvalue weighted by Gasteiger charge is -2.23. The highest BCUT2D eigenvalue weighted by Gasteiger charge is 2.41. The molecule has 248 valence electrons. The number of ketones is 1. The first kappa shape index (κ1) is 38.8. The van der Waals surface area contributed by atoms with Crippen molar-refractivity contribution in [3.8, 4) is 0 Å². The van der Waals surface area contributed by atoms with E-state index in [4.69, 9.17) is 21.1 Å². The van der Waals surface area contributed by atoms with Crippen LogP contribution < -0.4 is 16.4 Å². The molecule has 1 aliphatic rings. The molecule has 0 spiro atoms. The molecule has 0 unspecified atom stereocenters. The molecule has 0 radical (unpaired) electrons. The summed E-state index contributed by atoms with van der Waals surface area (Å²) in [4.78, 5) is 71.1. The largest absolute Gasteiger partial charge is 0.481 e. The van der Waals surface area contributed by atoms with E-state index in [1.165, 1.54) is 11.8 Å². The van der Waals surface area contributed by atoms with Gasteiger partial charge in [-0.25, -0.2) is 0 Å².